The molecule has 0 bridgehead atoms. The van der Waals surface area contributed by atoms with Crippen LogP contribution in [0.4, 0.5) is 26.3 Å². The number of rotatable bonds is 8. The van der Waals surface area contributed by atoms with E-state index in [4.69, 9.17) is 0 Å². The van der Waals surface area contributed by atoms with Crippen molar-refractivity contribution in [3.05, 3.63) is 119 Å². The van der Waals surface area contributed by atoms with Crippen molar-refractivity contribution in [2.75, 3.05) is 0 Å². The van der Waals surface area contributed by atoms with Crippen LogP contribution in [0.3, 0.4) is 0 Å². The Labute approximate surface area is 210 Å². The second-order valence-electron chi connectivity index (χ2n) is 8.46. The molecule has 190 valence electrons. The van der Waals surface area contributed by atoms with E-state index in [0.717, 1.165) is 30.0 Å². The van der Waals surface area contributed by atoms with E-state index in [1.54, 1.807) is 18.2 Å². The van der Waals surface area contributed by atoms with Crippen molar-refractivity contribution in [3.8, 4) is 28.0 Å². The number of hydrogen-bond donors (Lipinski definition) is 0. The first kappa shape index (κ1) is 26.1. The SMILES string of the molecule is CCCc1ccc(-c2ccc(-c3ccc(/C=C/C(F)(F)Oc4cc(F)c(F)c(F)c4)cc3)c(F)c2)cc1. The van der Waals surface area contributed by atoms with E-state index in [0.29, 0.717) is 34.9 Å². The van der Waals surface area contributed by atoms with Gasteiger partial charge in [0, 0.05) is 23.8 Å². The summed E-state index contributed by atoms with van der Waals surface area (Å²) in [6, 6.07) is 19.8. The van der Waals surface area contributed by atoms with Crippen LogP contribution < -0.4 is 4.74 Å². The summed E-state index contributed by atoms with van der Waals surface area (Å²) in [6.45, 7) is 2.11. The highest BCUT2D eigenvalue weighted by Gasteiger charge is 2.28. The van der Waals surface area contributed by atoms with Gasteiger partial charge in [0.2, 0.25) is 0 Å². The van der Waals surface area contributed by atoms with E-state index >= 15 is 0 Å². The third kappa shape index (κ3) is 6.42. The van der Waals surface area contributed by atoms with Crippen LogP contribution in [-0.2, 0) is 6.42 Å². The molecule has 0 saturated carbocycles. The van der Waals surface area contributed by atoms with Gasteiger partial charge in [-0.25, -0.2) is 17.6 Å². The van der Waals surface area contributed by atoms with Crippen molar-refractivity contribution < 1.29 is 31.1 Å². The molecule has 1 nitrogen and oxygen atoms in total. The molecule has 0 aromatic heterocycles. The highest BCUT2D eigenvalue weighted by Crippen LogP contribution is 2.30. The van der Waals surface area contributed by atoms with E-state index in [9.17, 15) is 26.3 Å². The van der Waals surface area contributed by atoms with Gasteiger partial charge in [0.25, 0.3) is 0 Å². The maximum Gasteiger partial charge on any atom is 0.419 e. The summed E-state index contributed by atoms with van der Waals surface area (Å²) in [7, 11) is 0. The normalized spacial score (nSPS) is 11.8. The third-order valence-electron chi connectivity index (χ3n) is 5.70. The number of halogens is 6. The standard InChI is InChI=1S/C30H22F6O/c1-2-3-19-4-8-21(9-5-19)23-12-13-25(26(31)16-23)22-10-6-20(7-11-22)14-15-30(35,36)37-24-17-27(32)29(34)28(33)18-24/h4-18H,2-3H2,1H3/b15-14+. The zero-order valence-corrected chi connectivity index (χ0v) is 19.8. The molecule has 0 atom stereocenters. The van der Waals surface area contributed by atoms with Crippen LogP contribution in [0.5, 0.6) is 5.75 Å². The van der Waals surface area contributed by atoms with Crippen molar-refractivity contribution in [3.63, 3.8) is 0 Å². The van der Waals surface area contributed by atoms with E-state index in [1.165, 1.54) is 23.8 Å². The van der Waals surface area contributed by atoms with Gasteiger partial charge in [-0.1, -0.05) is 74.0 Å². The highest BCUT2D eigenvalue weighted by molar-refractivity contribution is 5.72. The summed E-state index contributed by atoms with van der Waals surface area (Å²) in [5, 5.41) is 0. The van der Waals surface area contributed by atoms with Gasteiger partial charge in [0.1, 0.15) is 11.6 Å². The maximum atomic E-state index is 14.9. The molecule has 4 rings (SSSR count). The van der Waals surface area contributed by atoms with Gasteiger partial charge in [0.05, 0.1) is 0 Å². The van der Waals surface area contributed by atoms with Crippen molar-refractivity contribution in [2.45, 2.75) is 25.9 Å². The molecule has 0 saturated heterocycles. The van der Waals surface area contributed by atoms with Crippen LogP contribution in [0, 0.1) is 23.3 Å². The second-order valence-corrected chi connectivity index (χ2v) is 8.46. The molecule has 0 amide bonds. The van der Waals surface area contributed by atoms with Crippen molar-refractivity contribution >= 4 is 6.08 Å². The number of hydrogen-bond acceptors (Lipinski definition) is 1. The fourth-order valence-corrected chi connectivity index (χ4v) is 3.83. The summed E-state index contributed by atoms with van der Waals surface area (Å²) >= 11 is 0. The van der Waals surface area contributed by atoms with E-state index < -0.39 is 35.1 Å². The highest BCUT2D eigenvalue weighted by atomic mass is 19.3. The van der Waals surface area contributed by atoms with Crippen LogP contribution in [0.1, 0.15) is 24.5 Å². The first-order chi connectivity index (χ1) is 17.6. The number of aryl methyl sites for hydroxylation is 1. The topological polar surface area (TPSA) is 9.23 Å². The molecule has 0 radical (unpaired) electrons. The predicted octanol–water partition coefficient (Wildman–Crippen LogP) is 9.21. The fraction of sp³-hybridized carbons (Fsp3) is 0.133. The summed E-state index contributed by atoms with van der Waals surface area (Å²) in [5.74, 6) is -6.35. The quantitative estimate of drug-likeness (QED) is 0.169. The fourth-order valence-electron chi connectivity index (χ4n) is 3.83. The Balaban J connectivity index is 1.46. The molecule has 0 heterocycles. The molecule has 0 aliphatic heterocycles. The third-order valence-corrected chi connectivity index (χ3v) is 5.70. The van der Waals surface area contributed by atoms with Crippen LogP contribution in [0.25, 0.3) is 28.3 Å². The Kier molecular flexibility index (Phi) is 7.71. The van der Waals surface area contributed by atoms with E-state index in [1.807, 2.05) is 30.3 Å². The van der Waals surface area contributed by atoms with Crippen LogP contribution >= 0.6 is 0 Å². The zero-order chi connectivity index (χ0) is 26.6. The zero-order valence-electron chi connectivity index (χ0n) is 19.8. The lowest BCUT2D eigenvalue weighted by Crippen LogP contribution is -2.21. The molecular weight excluding hydrogens is 490 g/mol. The van der Waals surface area contributed by atoms with Crippen LogP contribution in [0.2, 0.25) is 0 Å². The summed E-state index contributed by atoms with van der Waals surface area (Å²) in [5.41, 5.74) is 4.13. The average Bonchev–Trinajstić information content (AvgIpc) is 2.87. The Morgan fingerprint density at radius 2 is 1.30 bits per heavy atom. The molecule has 4 aromatic rings. The van der Waals surface area contributed by atoms with Gasteiger partial charge in [-0.05, 0) is 46.4 Å². The lowest BCUT2D eigenvalue weighted by atomic mass is 9.98. The van der Waals surface area contributed by atoms with Gasteiger partial charge < -0.3 is 4.74 Å². The molecule has 0 spiro atoms. The van der Waals surface area contributed by atoms with Gasteiger partial charge in [-0.15, -0.1) is 0 Å². The Hall–Kier alpha value is -4.00. The monoisotopic (exact) mass is 512 g/mol. The summed E-state index contributed by atoms with van der Waals surface area (Å²) < 4.78 is 86.9. The van der Waals surface area contributed by atoms with Crippen molar-refractivity contribution in [1.29, 1.82) is 0 Å². The molecule has 0 unspecified atom stereocenters. The minimum Gasteiger partial charge on any atom is -0.429 e. The first-order valence-corrected chi connectivity index (χ1v) is 11.5. The lowest BCUT2D eigenvalue weighted by molar-refractivity contribution is -0.131. The minimum atomic E-state index is -3.92. The molecule has 7 heteroatoms. The molecule has 0 N–H and O–H groups in total. The van der Waals surface area contributed by atoms with Crippen LogP contribution in [-0.4, -0.2) is 6.11 Å². The Bertz CT molecular complexity index is 1390. The molecule has 37 heavy (non-hydrogen) atoms. The average molecular weight is 512 g/mol. The van der Waals surface area contributed by atoms with Gasteiger partial charge in [-0.3, -0.25) is 0 Å². The largest absolute Gasteiger partial charge is 0.429 e. The van der Waals surface area contributed by atoms with Crippen molar-refractivity contribution in [1.82, 2.24) is 0 Å². The Morgan fingerprint density at radius 3 is 1.89 bits per heavy atom. The second kappa shape index (κ2) is 10.9. The molecule has 0 aliphatic carbocycles. The molecular formula is C30H22F6O. The molecule has 0 fully saturated rings. The number of ether oxygens (including phenoxy) is 1. The van der Waals surface area contributed by atoms with Crippen LogP contribution in [0.15, 0.2) is 84.9 Å². The Morgan fingerprint density at radius 1 is 0.703 bits per heavy atom. The maximum absolute atomic E-state index is 14.9. The summed E-state index contributed by atoms with van der Waals surface area (Å²) in [6.07, 6.45) is -0.459. The van der Waals surface area contributed by atoms with Gasteiger partial charge in [-0.2, -0.15) is 8.78 Å². The number of alkyl halides is 2. The lowest BCUT2D eigenvalue weighted by Gasteiger charge is -2.14. The number of benzene rings is 4. The van der Waals surface area contributed by atoms with Crippen molar-refractivity contribution in [2.24, 2.45) is 0 Å². The predicted molar refractivity (Wildman–Crippen MR) is 132 cm³/mol. The van der Waals surface area contributed by atoms with E-state index in [2.05, 4.69) is 11.7 Å². The molecule has 0 aliphatic rings. The van der Waals surface area contributed by atoms with E-state index in [-0.39, 0.29) is 0 Å². The smallest absolute Gasteiger partial charge is 0.419 e. The summed E-state index contributed by atoms with van der Waals surface area (Å²) in [4.78, 5) is 0. The van der Waals surface area contributed by atoms with Gasteiger partial charge in [0.15, 0.2) is 17.5 Å². The first-order valence-electron chi connectivity index (χ1n) is 11.5. The molecule has 4 aromatic carbocycles. The minimum absolute atomic E-state index is 0.330. The van der Waals surface area contributed by atoms with Gasteiger partial charge >= 0.3 is 6.11 Å².